The van der Waals surface area contributed by atoms with Crippen LogP contribution in [0.15, 0.2) is 53.8 Å². The number of aryl methyl sites for hydroxylation is 2. The molecule has 3 heterocycles. The molecule has 1 aromatic carbocycles. The maximum atomic E-state index is 13.9. The Balaban J connectivity index is 1.98. The molecule has 0 fully saturated rings. The minimum atomic E-state index is -3.88. The largest absolute Gasteiger partial charge is 0.687 e. The topological polar surface area (TPSA) is 71.0 Å². The highest BCUT2D eigenvalue weighted by Gasteiger charge is 2.26. The van der Waals surface area contributed by atoms with Crippen LogP contribution in [0.5, 0.6) is 0 Å². The third-order valence-corrected chi connectivity index (χ3v) is 6.36. The van der Waals surface area contributed by atoms with E-state index in [1.165, 1.54) is 28.4 Å². The maximum Gasteiger partial charge on any atom is 0.271 e. The van der Waals surface area contributed by atoms with Crippen molar-refractivity contribution < 1.29 is 12.8 Å². The third kappa shape index (κ3) is 2.86. The van der Waals surface area contributed by atoms with Crippen LogP contribution in [-0.2, 0) is 16.6 Å². The first-order chi connectivity index (χ1) is 12.9. The first kappa shape index (κ1) is 17.5. The number of halogens is 1. The molecule has 0 unspecified atom stereocenters. The average Bonchev–Trinajstić information content (AvgIpc) is 3.23. The van der Waals surface area contributed by atoms with E-state index in [2.05, 4.69) is 10.4 Å². The second-order valence-electron chi connectivity index (χ2n) is 6.28. The summed E-state index contributed by atoms with van der Waals surface area (Å²) in [7, 11) is -3.88. The van der Waals surface area contributed by atoms with E-state index < -0.39 is 15.8 Å². The van der Waals surface area contributed by atoms with Crippen LogP contribution in [0.25, 0.3) is 21.8 Å². The highest BCUT2D eigenvalue weighted by Crippen LogP contribution is 2.33. The van der Waals surface area contributed by atoms with Gasteiger partial charge in [-0.05, 0) is 37.6 Å². The van der Waals surface area contributed by atoms with Crippen molar-refractivity contribution in [3.8, 4) is 0 Å². The lowest BCUT2D eigenvalue weighted by molar-refractivity contribution is 0.588. The molecule has 2 aromatic heterocycles. The van der Waals surface area contributed by atoms with Gasteiger partial charge in [0.15, 0.2) is 0 Å². The van der Waals surface area contributed by atoms with E-state index in [4.69, 9.17) is 0 Å². The van der Waals surface area contributed by atoms with Gasteiger partial charge in [0.1, 0.15) is 10.7 Å². The van der Waals surface area contributed by atoms with E-state index in [9.17, 15) is 12.8 Å². The summed E-state index contributed by atoms with van der Waals surface area (Å²) in [6.45, 7) is 4.63. The minimum Gasteiger partial charge on any atom is -0.687 e. The van der Waals surface area contributed by atoms with E-state index in [1.807, 2.05) is 13.0 Å². The molecule has 8 heteroatoms. The summed E-state index contributed by atoms with van der Waals surface area (Å²) in [6, 6.07) is 4.11. The maximum absolute atomic E-state index is 13.9. The predicted molar refractivity (Wildman–Crippen MR) is 102 cm³/mol. The van der Waals surface area contributed by atoms with Crippen LogP contribution >= 0.6 is 0 Å². The van der Waals surface area contributed by atoms with Crippen molar-refractivity contribution in [2.24, 2.45) is 0 Å². The summed E-state index contributed by atoms with van der Waals surface area (Å²) < 4.78 is 43.4. The Bertz CT molecular complexity index is 1200. The Kier molecular flexibility index (Phi) is 4.15. The molecule has 1 aliphatic rings. The van der Waals surface area contributed by atoms with Gasteiger partial charge in [-0.3, -0.25) is 4.68 Å². The van der Waals surface area contributed by atoms with Crippen LogP contribution in [0.4, 0.5) is 4.39 Å². The molecule has 140 valence electrons. The van der Waals surface area contributed by atoms with Crippen molar-refractivity contribution in [2.45, 2.75) is 25.3 Å². The molecular weight excluding hydrogens is 367 g/mol. The molecule has 6 nitrogen and oxygen atoms in total. The fourth-order valence-electron chi connectivity index (χ4n) is 3.23. The molecule has 0 amide bonds. The molecule has 0 N–H and O–H groups in total. The predicted octanol–water partition coefficient (Wildman–Crippen LogP) is 3.83. The van der Waals surface area contributed by atoms with Gasteiger partial charge in [-0.25, -0.2) is 16.8 Å². The van der Waals surface area contributed by atoms with E-state index in [1.54, 1.807) is 30.1 Å². The normalized spacial score (nSPS) is 14.4. The van der Waals surface area contributed by atoms with Crippen molar-refractivity contribution in [3.05, 3.63) is 71.3 Å². The first-order valence-corrected chi connectivity index (χ1v) is 9.99. The van der Waals surface area contributed by atoms with Crippen molar-refractivity contribution in [2.75, 3.05) is 6.54 Å². The zero-order chi connectivity index (χ0) is 19.2. The van der Waals surface area contributed by atoms with Gasteiger partial charge in [0, 0.05) is 29.9 Å². The summed E-state index contributed by atoms with van der Waals surface area (Å²) in [5.74, 6) is -0.418. The highest BCUT2D eigenvalue weighted by molar-refractivity contribution is 7.90. The Morgan fingerprint density at radius 1 is 1.30 bits per heavy atom. The minimum absolute atomic E-state index is 0.139. The van der Waals surface area contributed by atoms with Crippen LogP contribution in [0.3, 0.4) is 0 Å². The van der Waals surface area contributed by atoms with Gasteiger partial charge < -0.3 is 5.32 Å². The fraction of sp³-hybridized carbons (Fsp3) is 0.211. The molecule has 0 radical (unpaired) electrons. The molecule has 0 saturated carbocycles. The molecule has 3 aromatic rings. The van der Waals surface area contributed by atoms with Crippen LogP contribution in [-0.4, -0.2) is 28.7 Å². The lowest BCUT2D eigenvalue weighted by Gasteiger charge is -2.17. The Morgan fingerprint density at radius 2 is 2.11 bits per heavy atom. The molecule has 0 bridgehead atoms. The quantitative estimate of drug-likeness (QED) is 0.685. The zero-order valence-electron chi connectivity index (χ0n) is 14.9. The van der Waals surface area contributed by atoms with Crippen LogP contribution in [0, 0.1) is 12.7 Å². The Labute approximate surface area is 156 Å². The number of hydrogen-bond donors (Lipinski definition) is 0. The molecule has 1 aliphatic heterocycles. The van der Waals surface area contributed by atoms with E-state index in [-0.39, 0.29) is 4.90 Å². The zero-order valence-corrected chi connectivity index (χ0v) is 15.7. The monoisotopic (exact) mass is 385 g/mol. The highest BCUT2D eigenvalue weighted by atomic mass is 32.2. The second kappa shape index (κ2) is 6.38. The fourth-order valence-corrected chi connectivity index (χ4v) is 4.78. The smallest absolute Gasteiger partial charge is 0.271 e. The van der Waals surface area contributed by atoms with E-state index in [0.717, 1.165) is 5.57 Å². The number of aromatic nitrogens is 3. The number of allylic oxidation sites excluding steroid dienone is 2. The summed E-state index contributed by atoms with van der Waals surface area (Å²) in [6.07, 6.45) is 8.42. The summed E-state index contributed by atoms with van der Waals surface area (Å²) in [4.78, 5) is 0.139. The molecule has 4 rings (SSSR count). The number of benzene rings is 1. The van der Waals surface area contributed by atoms with Crippen molar-refractivity contribution in [3.63, 3.8) is 0 Å². The van der Waals surface area contributed by atoms with Crippen molar-refractivity contribution in [1.82, 2.24) is 13.8 Å². The molecule has 27 heavy (non-hydrogen) atoms. The summed E-state index contributed by atoms with van der Waals surface area (Å²) in [5.41, 5.74) is 2.32. The van der Waals surface area contributed by atoms with Gasteiger partial charge in [0.2, 0.25) is 0 Å². The van der Waals surface area contributed by atoms with Crippen LogP contribution in [0.2, 0.25) is 0 Å². The van der Waals surface area contributed by atoms with E-state index >= 15 is 0 Å². The number of nitrogens with zero attached hydrogens (tertiary/aromatic N) is 4. The van der Waals surface area contributed by atoms with Gasteiger partial charge >= 0.3 is 0 Å². The summed E-state index contributed by atoms with van der Waals surface area (Å²) >= 11 is 0. The lowest BCUT2D eigenvalue weighted by atomic mass is 10.0. The Hall–Kier alpha value is -2.87. The number of fused-ring (bicyclic) bond motifs is 1. The molecule has 0 aliphatic carbocycles. The average molecular weight is 385 g/mol. The SMILES string of the molecule is CCn1cc(S(=O)(=O)n2cc(C3=CC[N-]C=C3)c3cc(F)ccc32)c(C)n1. The molecule has 0 saturated heterocycles. The summed E-state index contributed by atoms with van der Waals surface area (Å²) in [5, 5.41) is 8.89. The van der Waals surface area contributed by atoms with Gasteiger partial charge in [0.05, 0.1) is 11.2 Å². The van der Waals surface area contributed by atoms with Crippen LogP contribution in [0.1, 0.15) is 18.2 Å². The standard InChI is InChI=1S/C19H18FN4O2S/c1-3-23-12-19(13(2)22-23)27(25,26)24-11-17(14-6-8-21-9-7-14)16-10-15(20)4-5-18(16)24/h4-8,10-12H,3,9H2,1-2H3/q-1. The molecular formula is C19H18FN4O2S-. The Morgan fingerprint density at radius 3 is 2.78 bits per heavy atom. The van der Waals surface area contributed by atoms with Crippen LogP contribution < -0.4 is 0 Å². The van der Waals surface area contributed by atoms with Crippen molar-refractivity contribution in [1.29, 1.82) is 0 Å². The second-order valence-corrected chi connectivity index (χ2v) is 8.06. The van der Waals surface area contributed by atoms with E-state index in [0.29, 0.717) is 35.2 Å². The van der Waals surface area contributed by atoms with Gasteiger partial charge in [-0.1, -0.05) is 12.2 Å². The third-order valence-electron chi connectivity index (χ3n) is 4.58. The molecule has 0 spiro atoms. The molecule has 0 atom stereocenters. The number of hydrogen-bond acceptors (Lipinski definition) is 3. The lowest BCUT2D eigenvalue weighted by Crippen LogP contribution is -2.12. The van der Waals surface area contributed by atoms with Crippen molar-refractivity contribution >= 4 is 26.5 Å². The number of rotatable bonds is 4. The van der Waals surface area contributed by atoms with Gasteiger partial charge in [-0.15, -0.1) is 6.54 Å². The van der Waals surface area contributed by atoms with Gasteiger partial charge in [-0.2, -0.15) is 11.3 Å². The first-order valence-electron chi connectivity index (χ1n) is 8.55. The van der Waals surface area contributed by atoms with Gasteiger partial charge in [0.25, 0.3) is 10.0 Å².